The molecule has 160 valence electrons. The van der Waals surface area contributed by atoms with Crippen LogP contribution in [0.3, 0.4) is 0 Å². The van der Waals surface area contributed by atoms with Gasteiger partial charge in [-0.2, -0.15) is 0 Å². The molecule has 2 aromatic heterocycles. The minimum absolute atomic E-state index is 0.0970. The van der Waals surface area contributed by atoms with Crippen LogP contribution in [0.5, 0.6) is 0 Å². The molecule has 0 aromatic carbocycles. The van der Waals surface area contributed by atoms with E-state index in [0.717, 1.165) is 31.0 Å². The number of rotatable bonds is 6. The van der Waals surface area contributed by atoms with Crippen LogP contribution in [0.2, 0.25) is 0 Å². The minimum atomic E-state index is -3.63. The third-order valence-electron chi connectivity index (χ3n) is 5.21. The summed E-state index contributed by atoms with van der Waals surface area (Å²) in [5.74, 6) is 0.847. The highest BCUT2D eigenvalue weighted by Gasteiger charge is 2.38. The van der Waals surface area contributed by atoms with E-state index in [9.17, 15) is 8.42 Å². The first-order chi connectivity index (χ1) is 13.7. The Bertz CT molecular complexity index is 984. The molecule has 2 aromatic rings. The lowest BCUT2D eigenvalue weighted by atomic mass is 10.0. The van der Waals surface area contributed by atoms with E-state index in [4.69, 9.17) is 9.47 Å². The fourth-order valence-corrected chi connectivity index (χ4v) is 5.33. The van der Waals surface area contributed by atoms with E-state index < -0.39 is 15.6 Å². The number of imidazole rings is 1. The van der Waals surface area contributed by atoms with Crippen LogP contribution >= 0.6 is 0 Å². The highest BCUT2D eigenvalue weighted by atomic mass is 32.2. The lowest BCUT2D eigenvalue weighted by molar-refractivity contribution is -0.0523. The Morgan fingerprint density at radius 3 is 2.72 bits per heavy atom. The van der Waals surface area contributed by atoms with Crippen LogP contribution < -0.4 is 9.62 Å². The highest BCUT2D eigenvalue weighted by molar-refractivity contribution is 7.89. The minimum Gasteiger partial charge on any atom is -0.377 e. The van der Waals surface area contributed by atoms with Crippen LogP contribution in [0.1, 0.15) is 13.8 Å². The Balaban J connectivity index is 1.58. The number of pyridine rings is 1. The number of likely N-dealkylation sites (N-methyl/N-ethyl adjacent to an activating group) is 1. The van der Waals surface area contributed by atoms with Crippen LogP contribution in [0.4, 0.5) is 5.82 Å². The molecular weight excluding hydrogens is 394 g/mol. The number of hydrogen-bond donors (Lipinski definition) is 1. The van der Waals surface area contributed by atoms with Gasteiger partial charge in [-0.3, -0.25) is 0 Å². The topological polar surface area (TPSA) is 88.4 Å². The lowest BCUT2D eigenvalue weighted by Crippen LogP contribution is -2.59. The van der Waals surface area contributed by atoms with Gasteiger partial charge >= 0.3 is 0 Å². The second kappa shape index (κ2) is 7.51. The Morgan fingerprint density at radius 1 is 1.31 bits per heavy atom. The van der Waals surface area contributed by atoms with Crippen molar-refractivity contribution in [3.8, 4) is 0 Å². The van der Waals surface area contributed by atoms with Crippen molar-refractivity contribution in [2.45, 2.75) is 36.5 Å². The number of ether oxygens (including phenoxy) is 2. The predicted molar refractivity (Wildman–Crippen MR) is 110 cm³/mol. The Morgan fingerprint density at radius 2 is 2.07 bits per heavy atom. The summed E-state index contributed by atoms with van der Waals surface area (Å²) in [6, 6.07) is 3.45. The number of morpholine rings is 1. The van der Waals surface area contributed by atoms with Crippen LogP contribution in [-0.2, 0) is 19.5 Å². The van der Waals surface area contributed by atoms with Gasteiger partial charge in [0.2, 0.25) is 10.0 Å². The molecule has 10 heteroatoms. The Hall–Kier alpha value is -1.72. The molecule has 2 fully saturated rings. The molecule has 9 nitrogen and oxygen atoms in total. The largest absolute Gasteiger partial charge is 0.377 e. The van der Waals surface area contributed by atoms with Crippen molar-refractivity contribution < 1.29 is 17.9 Å². The summed E-state index contributed by atoms with van der Waals surface area (Å²) in [5.41, 5.74) is 0.332. The maximum Gasteiger partial charge on any atom is 0.242 e. The second-order valence-corrected chi connectivity index (χ2v) is 10.3. The second-order valence-electron chi connectivity index (χ2n) is 8.62. The van der Waals surface area contributed by atoms with Crippen LogP contribution in [0, 0.1) is 0 Å². The highest BCUT2D eigenvalue weighted by Crippen LogP contribution is 2.26. The summed E-state index contributed by atoms with van der Waals surface area (Å²) in [4.78, 5) is 9.12. The van der Waals surface area contributed by atoms with Gasteiger partial charge in [-0.15, -0.1) is 0 Å². The molecule has 2 aliphatic rings. The molecule has 4 rings (SSSR count). The van der Waals surface area contributed by atoms with Crippen molar-refractivity contribution in [1.82, 2.24) is 19.0 Å². The van der Waals surface area contributed by atoms with Gasteiger partial charge in [0.05, 0.1) is 41.4 Å². The Labute approximate surface area is 171 Å². The van der Waals surface area contributed by atoms with E-state index in [1.807, 2.05) is 27.1 Å². The third-order valence-corrected chi connectivity index (χ3v) is 6.83. The quantitative estimate of drug-likeness (QED) is 0.726. The first kappa shape index (κ1) is 20.5. The zero-order chi connectivity index (χ0) is 20.8. The van der Waals surface area contributed by atoms with Crippen LogP contribution in [-0.4, -0.2) is 87.4 Å². The van der Waals surface area contributed by atoms with Crippen molar-refractivity contribution in [3.63, 3.8) is 0 Å². The standard InChI is InChI=1S/C19H29N5O4S/c1-14-7-23(9-15(28-14)8-22(3)4)18-17-6-5-16(10-24(17)13-20-18)29(25,26)21-19(2)11-27-12-19/h5-6,10,13-15,21H,7-9,11-12H2,1-4H3/t14-,15-/m0/s1. The fourth-order valence-electron chi connectivity index (χ4n) is 3.94. The number of nitrogens with zero attached hydrogens (tertiary/aromatic N) is 4. The van der Waals surface area contributed by atoms with Crippen LogP contribution in [0.15, 0.2) is 29.6 Å². The molecule has 2 atom stereocenters. The Kier molecular flexibility index (Phi) is 5.32. The predicted octanol–water partition coefficient (Wildman–Crippen LogP) is 0.557. The fraction of sp³-hybridized carbons (Fsp3) is 0.632. The number of nitrogens with one attached hydrogen (secondary N) is 1. The SMILES string of the molecule is C[C@H]1CN(c2ncn3cc(S(=O)(=O)NC4(C)COC4)ccc23)C[C@H](CN(C)C)O1. The smallest absolute Gasteiger partial charge is 0.242 e. The van der Waals surface area contributed by atoms with E-state index in [0.29, 0.717) is 13.2 Å². The van der Waals surface area contributed by atoms with Crippen LogP contribution in [0.25, 0.3) is 5.52 Å². The monoisotopic (exact) mass is 423 g/mol. The molecule has 1 N–H and O–H groups in total. The van der Waals surface area contributed by atoms with E-state index >= 15 is 0 Å². The van der Waals surface area contributed by atoms with Gasteiger partial charge < -0.3 is 23.7 Å². The zero-order valence-corrected chi connectivity index (χ0v) is 18.1. The number of hydrogen-bond acceptors (Lipinski definition) is 7. The summed E-state index contributed by atoms with van der Waals surface area (Å²) in [7, 11) is 0.431. The van der Waals surface area contributed by atoms with E-state index in [2.05, 4.69) is 26.4 Å². The molecule has 0 spiro atoms. The van der Waals surface area contributed by atoms with Gasteiger partial charge in [0.25, 0.3) is 0 Å². The third kappa shape index (κ3) is 4.26. The average Bonchev–Trinajstić information content (AvgIpc) is 3.02. The van der Waals surface area contributed by atoms with Crippen molar-refractivity contribution >= 4 is 21.4 Å². The van der Waals surface area contributed by atoms with Crippen molar-refractivity contribution in [2.24, 2.45) is 0 Å². The van der Waals surface area contributed by atoms with E-state index in [1.54, 1.807) is 23.0 Å². The zero-order valence-electron chi connectivity index (χ0n) is 17.3. The average molecular weight is 424 g/mol. The molecule has 29 heavy (non-hydrogen) atoms. The molecule has 0 unspecified atom stereocenters. The van der Waals surface area contributed by atoms with Crippen molar-refractivity contribution in [1.29, 1.82) is 0 Å². The summed E-state index contributed by atoms with van der Waals surface area (Å²) in [6.45, 7) is 6.99. The van der Waals surface area contributed by atoms with Gasteiger partial charge in [0, 0.05) is 25.8 Å². The van der Waals surface area contributed by atoms with E-state index in [-0.39, 0.29) is 17.1 Å². The maximum atomic E-state index is 12.7. The summed E-state index contributed by atoms with van der Waals surface area (Å²) in [6.07, 6.45) is 3.47. The van der Waals surface area contributed by atoms with Gasteiger partial charge in [0.1, 0.15) is 6.33 Å². The molecule has 2 aliphatic heterocycles. The van der Waals surface area contributed by atoms with Crippen molar-refractivity contribution in [2.75, 3.05) is 51.8 Å². The molecule has 0 radical (unpaired) electrons. The molecule has 0 amide bonds. The molecule has 2 saturated heterocycles. The first-order valence-corrected chi connectivity index (χ1v) is 11.3. The first-order valence-electron chi connectivity index (χ1n) is 9.79. The van der Waals surface area contributed by atoms with E-state index in [1.165, 1.54) is 0 Å². The number of sulfonamides is 1. The molecule has 0 aliphatic carbocycles. The number of anilines is 1. The normalized spacial score (nSPS) is 24.8. The molecule has 0 bridgehead atoms. The summed E-state index contributed by atoms with van der Waals surface area (Å²) >= 11 is 0. The lowest BCUT2D eigenvalue weighted by Gasteiger charge is -2.38. The maximum absolute atomic E-state index is 12.7. The van der Waals surface area contributed by atoms with Gasteiger partial charge in [0.15, 0.2) is 5.82 Å². The number of fused-ring (bicyclic) bond motifs is 1. The number of aromatic nitrogens is 2. The van der Waals surface area contributed by atoms with Gasteiger partial charge in [-0.05, 0) is 40.1 Å². The summed E-state index contributed by atoms with van der Waals surface area (Å²) < 4.78 is 41.2. The van der Waals surface area contributed by atoms with Gasteiger partial charge in [-0.25, -0.2) is 18.1 Å². The van der Waals surface area contributed by atoms with Crippen molar-refractivity contribution in [3.05, 3.63) is 24.7 Å². The molecular formula is C19H29N5O4S. The summed E-state index contributed by atoms with van der Waals surface area (Å²) in [5, 5.41) is 0. The molecule has 4 heterocycles. The molecule has 0 saturated carbocycles. The van der Waals surface area contributed by atoms with Gasteiger partial charge in [-0.1, -0.05) is 0 Å².